The summed E-state index contributed by atoms with van der Waals surface area (Å²) in [6.07, 6.45) is 8.46. The first-order chi connectivity index (χ1) is 7.52. The van der Waals surface area contributed by atoms with Crippen molar-refractivity contribution >= 4 is 0 Å². The first kappa shape index (κ1) is 13.0. The van der Waals surface area contributed by atoms with Crippen LogP contribution in [0.5, 0.6) is 0 Å². The van der Waals surface area contributed by atoms with Gasteiger partial charge in [0.25, 0.3) is 0 Å². The first-order valence-electron chi connectivity index (χ1n) is 6.05. The number of hydrogen-bond acceptors (Lipinski definition) is 2. The molecule has 0 aromatic heterocycles. The summed E-state index contributed by atoms with van der Waals surface area (Å²) in [4.78, 5) is 4.78. The molecule has 1 heterocycles. The Morgan fingerprint density at radius 2 is 1.81 bits per heavy atom. The van der Waals surface area contributed by atoms with Gasteiger partial charge in [0.1, 0.15) is 0 Å². The van der Waals surface area contributed by atoms with Crippen molar-refractivity contribution in [2.45, 2.75) is 39.8 Å². The van der Waals surface area contributed by atoms with Gasteiger partial charge in [0.05, 0.1) is 6.67 Å². The van der Waals surface area contributed by atoms with Gasteiger partial charge < -0.3 is 4.90 Å². The molecule has 0 aromatic rings. The summed E-state index contributed by atoms with van der Waals surface area (Å²) in [5, 5.41) is 0. The van der Waals surface area contributed by atoms with Crippen molar-refractivity contribution in [2.24, 2.45) is 0 Å². The molecule has 0 radical (unpaired) electrons. The first-order valence-corrected chi connectivity index (χ1v) is 6.05. The maximum atomic E-state index is 4.13. The van der Waals surface area contributed by atoms with E-state index in [0.29, 0.717) is 12.1 Å². The van der Waals surface area contributed by atoms with Crippen LogP contribution in [0.3, 0.4) is 0 Å². The standard InChI is InChI=1S/C14H24N2/c1-12(2)15-10-8-6-7-9-14(5)16(11-15)13(3)4/h6-9,12-13H,5,10-11H2,1-4H3/b8-6-,9-7-. The molecule has 0 saturated carbocycles. The predicted molar refractivity (Wildman–Crippen MR) is 71.1 cm³/mol. The molecule has 0 saturated heterocycles. The molecular weight excluding hydrogens is 196 g/mol. The van der Waals surface area contributed by atoms with Gasteiger partial charge in [-0.25, -0.2) is 0 Å². The van der Waals surface area contributed by atoms with Crippen LogP contribution in [-0.4, -0.2) is 35.1 Å². The van der Waals surface area contributed by atoms with E-state index in [1.165, 1.54) is 0 Å². The topological polar surface area (TPSA) is 6.48 Å². The molecule has 0 bridgehead atoms. The molecule has 2 heteroatoms. The lowest BCUT2D eigenvalue weighted by Crippen LogP contribution is -2.43. The van der Waals surface area contributed by atoms with Crippen molar-refractivity contribution in [1.29, 1.82) is 0 Å². The van der Waals surface area contributed by atoms with Crippen molar-refractivity contribution < 1.29 is 0 Å². The Hall–Kier alpha value is -1.02. The van der Waals surface area contributed by atoms with Gasteiger partial charge in [-0.15, -0.1) is 0 Å². The molecule has 1 aliphatic rings. The monoisotopic (exact) mass is 220 g/mol. The largest absolute Gasteiger partial charge is 0.357 e. The summed E-state index contributed by atoms with van der Waals surface area (Å²) in [7, 11) is 0. The third-order valence-electron chi connectivity index (χ3n) is 2.93. The van der Waals surface area contributed by atoms with Crippen molar-refractivity contribution in [2.75, 3.05) is 13.2 Å². The Bertz CT molecular complexity index is 287. The fourth-order valence-electron chi connectivity index (χ4n) is 1.75. The maximum absolute atomic E-state index is 4.13. The Morgan fingerprint density at radius 1 is 1.12 bits per heavy atom. The summed E-state index contributed by atoms with van der Waals surface area (Å²) >= 11 is 0. The van der Waals surface area contributed by atoms with Crippen LogP contribution in [0.25, 0.3) is 0 Å². The molecule has 0 amide bonds. The van der Waals surface area contributed by atoms with Crippen LogP contribution in [0.15, 0.2) is 36.6 Å². The Morgan fingerprint density at radius 3 is 2.38 bits per heavy atom. The summed E-state index contributed by atoms with van der Waals surface area (Å²) in [6, 6.07) is 1.04. The minimum absolute atomic E-state index is 0.483. The van der Waals surface area contributed by atoms with Crippen LogP contribution < -0.4 is 0 Å². The van der Waals surface area contributed by atoms with Crippen LogP contribution >= 0.6 is 0 Å². The minimum Gasteiger partial charge on any atom is -0.357 e. The Balaban J connectivity index is 2.85. The average Bonchev–Trinajstić information content (AvgIpc) is 2.28. The van der Waals surface area contributed by atoms with Gasteiger partial charge in [-0.05, 0) is 33.8 Å². The Kier molecular flexibility index (Phi) is 4.81. The van der Waals surface area contributed by atoms with E-state index >= 15 is 0 Å². The van der Waals surface area contributed by atoms with Crippen molar-refractivity contribution in [3.63, 3.8) is 0 Å². The highest BCUT2D eigenvalue weighted by molar-refractivity contribution is 5.19. The van der Waals surface area contributed by atoms with E-state index in [1.807, 2.05) is 0 Å². The molecule has 0 fully saturated rings. The lowest BCUT2D eigenvalue weighted by atomic mass is 10.2. The molecule has 90 valence electrons. The second kappa shape index (κ2) is 5.90. The van der Waals surface area contributed by atoms with Crippen molar-refractivity contribution in [1.82, 2.24) is 9.80 Å². The van der Waals surface area contributed by atoms with Gasteiger partial charge in [-0.2, -0.15) is 0 Å². The van der Waals surface area contributed by atoms with E-state index in [9.17, 15) is 0 Å². The third-order valence-corrected chi connectivity index (χ3v) is 2.93. The van der Waals surface area contributed by atoms with E-state index in [-0.39, 0.29) is 0 Å². The van der Waals surface area contributed by atoms with Crippen LogP contribution in [0.1, 0.15) is 27.7 Å². The second-order valence-electron chi connectivity index (χ2n) is 4.85. The fraction of sp³-hybridized carbons (Fsp3) is 0.571. The van der Waals surface area contributed by atoms with E-state index < -0.39 is 0 Å². The molecule has 2 nitrogen and oxygen atoms in total. The maximum Gasteiger partial charge on any atom is 0.0714 e. The third kappa shape index (κ3) is 3.53. The van der Waals surface area contributed by atoms with E-state index in [0.717, 1.165) is 18.9 Å². The van der Waals surface area contributed by atoms with Crippen LogP contribution in [0.2, 0.25) is 0 Å². The highest BCUT2D eigenvalue weighted by Gasteiger charge is 2.16. The molecule has 1 aliphatic heterocycles. The highest BCUT2D eigenvalue weighted by atomic mass is 15.3. The molecule has 1 rings (SSSR count). The molecular formula is C14H24N2. The molecule has 0 aliphatic carbocycles. The molecule has 0 atom stereocenters. The lowest BCUT2D eigenvalue weighted by Gasteiger charge is -2.36. The number of nitrogens with zero attached hydrogens (tertiary/aromatic N) is 2. The molecule has 0 unspecified atom stereocenters. The van der Waals surface area contributed by atoms with Gasteiger partial charge in [0, 0.05) is 24.3 Å². The fourth-order valence-corrected chi connectivity index (χ4v) is 1.75. The van der Waals surface area contributed by atoms with Crippen LogP contribution in [0.4, 0.5) is 0 Å². The zero-order valence-corrected chi connectivity index (χ0v) is 11.0. The van der Waals surface area contributed by atoms with Gasteiger partial charge in [-0.1, -0.05) is 24.8 Å². The molecule has 0 aromatic carbocycles. The van der Waals surface area contributed by atoms with Gasteiger partial charge >= 0.3 is 0 Å². The summed E-state index contributed by atoms with van der Waals surface area (Å²) in [5.41, 5.74) is 1.09. The zero-order chi connectivity index (χ0) is 12.1. The zero-order valence-electron chi connectivity index (χ0n) is 11.0. The normalized spacial score (nSPS) is 23.1. The molecule has 16 heavy (non-hydrogen) atoms. The van der Waals surface area contributed by atoms with E-state index in [4.69, 9.17) is 0 Å². The Labute approximate surface area is 99.9 Å². The van der Waals surface area contributed by atoms with Crippen molar-refractivity contribution in [3.8, 4) is 0 Å². The van der Waals surface area contributed by atoms with Crippen LogP contribution in [0, 0.1) is 0 Å². The van der Waals surface area contributed by atoms with Crippen LogP contribution in [-0.2, 0) is 0 Å². The molecule has 0 spiro atoms. The number of rotatable bonds is 2. The lowest BCUT2D eigenvalue weighted by molar-refractivity contribution is 0.125. The van der Waals surface area contributed by atoms with Gasteiger partial charge in [0.2, 0.25) is 0 Å². The van der Waals surface area contributed by atoms with E-state index in [2.05, 4.69) is 68.4 Å². The van der Waals surface area contributed by atoms with Crippen molar-refractivity contribution in [3.05, 3.63) is 36.6 Å². The minimum atomic E-state index is 0.483. The summed E-state index contributed by atoms with van der Waals surface area (Å²) in [5.74, 6) is 0. The second-order valence-corrected chi connectivity index (χ2v) is 4.85. The van der Waals surface area contributed by atoms with Gasteiger partial charge in [0.15, 0.2) is 0 Å². The SMILES string of the molecule is C=C1/C=C\C=C/CN(C(C)C)CN1C(C)C. The smallest absolute Gasteiger partial charge is 0.0714 e. The average molecular weight is 220 g/mol. The van der Waals surface area contributed by atoms with E-state index in [1.54, 1.807) is 0 Å². The predicted octanol–water partition coefficient (Wildman–Crippen LogP) is 3.00. The quantitative estimate of drug-likeness (QED) is 0.706. The highest BCUT2D eigenvalue weighted by Crippen LogP contribution is 2.13. The summed E-state index contributed by atoms with van der Waals surface area (Å²) in [6.45, 7) is 15.0. The molecule has 0 N–H and O–H groups in total. The number of allylic oxidation sites excluding steroid dienone is 3. The van der Waals surface area contributed by atoms with Gasteiger partial charge in [-0.3, -0.25) is 4.90 Å². The number of hydrogen-bond donors (Lipinski definition) is 0. The summed E-state index contributed by atoms with van der Waals surface area (Å²) < 4.78 is 0.